The van der Waals surface area contributed by atoms with Crippen LogP contribution in [0.15, 0.2) is 34.0 Å². The summed E-state index contributed by atoms with van der Waals surface area (Å²) in [5.41, 5.74) is 1.25. The number of aromatic amines is 1. The summed E-state index contributed by atoms with van der Waals surface area (Å²) < 4.78 is 15.8. The fourth-order valence-electron chi connectivity index (χ4n) is 3.46. The maximum absolute atomic E-state index is 13.4. The topological polar surface area (TPSA) is 110 Å². The van der Waals surface area contributed by atoms with Crippen molar-refractivity contribution in [1.82, 2.24) is 19.4 Å². The Hall–Kier alpha value is -3.14. The van der Waals surface area contributed by atoms with Gasteiger partial charge in [-0.1, -0.05) is 27.7 Å². The Kier molecular flexibility index (Phi) is 5.70. The number of amides is 1. The van der Waals surface area contributed by atoms with E-state index in [0.717, 1.165) is 16.8 Å². The van der Waals surface area contributed by atoms with E-state index in [4.69, 9.17) is 0 Å². The molecule has 0 fully saturated rings. The first-order valence-corrected chi connectivity index (χ1v) is 11.9. The largest absolute Gasteiger partial charge is 0.349 e. The molecule has 3 rings (SSSR count). The lowest BCUT2D eigenvalue weighted by Crippen LogP contribution is -2.56. The highest BCUT2D eigenvalue weighted by Gasteiger charge is 2.28. The molecule has 1 amide bonds. The molecule has 1 unspecified atom stereocenters. The third-order valence-corrected chi connectivity index (χ3v) is 6.07. The number of hydrogen-bond acceptors (Lipinski definition) is 5. The van der Waals surface area contributed by atoms with Crippen LogP contribution in [0.3, 0.4) is 0 Å². The van der Waals surface area contributed by atoms with E-state index < -0.39 is 32.8 Å². The van der Waals surface area contributed by atoms with Crippen molar-refractivity contribution < 1.29 is 9.00 Å². The van der Waals surface area contributed by atoms with Crippen molar-refractivity contribution in [3.8, 4) is 11.3 Å². The number of hydrogen-bond donors (Lipinski definition) is 1. The minimum Gasteiger partial charge on any atom is -0.305 e. The summed E-state index contributed by atoms with van der Waals surface area (Å²) in [7, 11) is -1.45. The van der Waals surface area contributed by atoms with Gasteiger partial charge in [0.25, 0.3) is 11.5 Å². The van der Waals surface area contributed by atoms with Crippen molar-refractivity contribution in [2.75, 3.05) is 10.7 Å². The number of carbonyl (C=O) groups excluding carboxylic acids is 1. The molecule has 0 bridgehead atoms. The Balaban J connectivity index is 2.44. The highest BCUT2D eigenvalue weighted by atomic mass is 32.2. The molecular weight excluding hydrogens is 418 g/mol. The van der Waals surface area contributed by atoms with E-state index in [0.29, 0.717) is 14.6 Å². The molecule has 2 aromatic heterocycles. The molecule has 2 heterocycles. The zero-order chi connectivity index (χ0) is 23.2. The molecule has 1 aromatic carbocycles. The van der Waals surface area contributed by atoms with Crippen LogP contribution < -0.4 is 15.7 Å². The molecule has 1 atom stereocenters. The lowest BCUT2D eigenvalue weighted by molar-refractivity contribution is -0.121. The number of aromatic nitrogens is 4. The number of rotatable bonds is 5. The van der Waals surface area contributed by atoms with E-state index in [2.05, 4.69) is 16.0 Å². The number of nitrogens with one attached hydrogen (secondary N) is 1. The van der Waals surface area contributed by atoms with Gasteiger partial charge in [-0.25, -0.2) is 9.00 Å². The minimum atomic E-state index is -3.24. The number of aryl methyl sites for hydroxylation is 1. The molecule has 3 aromatic rings. The zero-order valence-electron chi connectivity index (χ0n) is 18.5. The summed E-state index contributed by atoms with van der Waals surface area (Å²) in [6.45, 7) is 7.21. The van der Waals surface area contributed by atoms with Crippen molar-refractivity contribution in [3.05, 3.63) is 50.8 Å². The molecule has 1 N–H and O–H groups in total. The van der Waals surface area contributed by atoms with Crippen LogP contribution in [0.5, 0.6) is 0 Å². The standard InChI is InChI=1S/C21H27N5O4S/c1-12(2)14-11-17-16(10-15(14)18-8-9-22-24(18)5)20(28)25(21(29)23-17)26(31(6,7)30)19(27)13(3)4/h8-13H,6H2,1-5,7H3,(H,23,29). The molecule has 0 spiro atoms. The van der Waals surface area contributed by atoms with E-state index in [1.54, 1.807) is 43.9 Å². The fourth-order valence-corrected chi connectivity index (χ4v) is 4.54. The van der Waals surface area contributed by atoms with Crippen molar-refractivity contribution in [1.29, 1.82) is 0 Å². The van der Waals surface area contributed by atoms with Crippen LogP contribution >= 0.6 is 0 Å². The summed E-state index contributed by atoms with van der Waals surface area (Å²) in [5, 5.41) is 4.39. The maximum Gasteiger partial charge on any atom is 0.349 e. The van der Waals surface area contributed by atoms with Crippen molar-refractivity contribution in [3.63, 3.8) is 0 Å². The lowest BCUT2D eigenvalue weighted by atomic mass is 9.93. The van der Waals surface area contributed by atoms with Crippen LogP contribution in [0.4, 0.5) is 0 Å². The lowest BCUT2D eigenvalue weighted by Gasteiger charge is -2.26. The molecule has 0 aliphatic carbocycles. The molecule has 0 aliphatic heterocycles. The van der Waals surface area contributed by atoms with Gasteiger partial charge in [0.1, 0.15) is 0 Å². The first kappa shape index (κ1) is 22.5. The zero-order valence-corrected chi connectivity index (χ0v) is 19.3. The summed E-state index contributed by atoms with van der Waals surface area (Å²) in [5.74, 6) is 2.40. The van der Waals surface area contributed by atoms with Crippen molar-refractivity contribution in [2.45, 2.75) is 33.6 Å². The highest BCUT2D eigenvalue weighted by molar-refractivity contribution is 8.01. The van der Waals surface area contributed by atoms with Crippen LogP contribution in [-0.2, 0) is 21.5 Å². The maximum atomic E-state index is 13.4. The van der Waals surface area contributed by atoms with Gasteiger partial charge >= 0.3 is 5.69 Å². The third kappa shape index (κ3) is 3.95. The fraction of sp³-hybridized carbons (Fsp3) is 0.381. The molecule has 9 nitrogen and oxygen atoms in total. The van der Waals surface area contributed by atoms with Gasteiger partial charge in [-0.05, 0) is 35.6 Å². The summed E-state index contributed by atoms with van der Waals surface area (Å²) in [6, 6.07) is 5.27. The van der Waals surface area contributed by atoms with Crippen LogP contribution in [0.1, 0.15) is 39.2 Å². The first-order valence-electron chi connectivity index (χ1n) is 9.82. The predicted molar refractivity (Wildman–Crippen MR) is 124 cm³/mol. The second kappa shape index (κ2) is 7.84. The molecule has 0 saturated carbocycles. The van der Waals surface area contributed by atoms with Gasteiger partial charge in [0, 0.05) is 31.0 Å². The summed E-state index contributed by atoms with van der Waals surface area (Å²) >= 11 is 0. The first-order chi connectivity index (χ1) is 14.3. The Morgan fingerprint density at radius 1 is 1.23 bits per heavy atom. The molecule has 0 saturated heterocycles. The van der Waals surface area contributed by atoms with Crippen molar-refractivity contribution in [2.24, 2.45) is 13.0 Å². The monoisotopic (exact) mass is 445 g/mol. The molecule has 0 aliphatic rings. The number of fused-ring (bicyclic) bond motifs is 1. The van der Waals surface area contributed by atoms with Gasteiger partial charge in [0.2, 0.25) is 0 Å². The Labute approximate surface area is 180 Å². The molecule has 166 valence electrons. The highest BCUT2D eigenvalue weighted by Crippen LogP contribution is 2.31. The van der Waals surface area contributed by atoms with E-state index in [-0.39, 0.29) is 11.3 Å². The summed E-state index contributed by atoms with van der Waals surface area (Å²) in [4.78, 5) is 41.7. The molecule has 10 heteroatoms. The van der Waals surface area contributed by atoms with Crippen LogP contribution in [0.25, 0.3) is 22.2 Å². The number of H-pyrrole nitrogens is 1. The molecule has 31 heavy (non-hydrogen) atoms. The van der Waals surface area contributed by atoms with Crippen LogP contribution in [0.2, 0.25) is 0 Å². The third-order valence-electron chi connectivity index (χ3n) is 5.00. The second-order valence-electron chi connectivity index (χ2n) is 8.25. The van der Waals surface area contributed by atoms with Gasteiger partial charge in [-0.3, -0.25) is 14.3 Å². The average molecular weight is 446 g/mol. The van der Waals surface area contributed by atoms with Crippen LogP contribution in [-0.4, -0.2) is 41.7 Å². The van der Waals surface area contributed by atoms with Crippen molar-refractivity contribution >= 4 is 32.4 Å². The van der Waals surface area contributed by atoms with Gasteiger partial charge in [0.05, 0.1) is 26.3 Å². The predicted octanol–water partition coefficient (Wildman–Crippen LogP) is 1.60. The Morgan fingerprint density at radius 3 is 2.35 bits per heavy atom. The average Bonchev–Trinajstić information content (AvgIpc) is 3.08. The van der Waals surface area contributed by atoms with E-state index >= 15 is 0 Å². The normalized spacial score (nSPS) is 13.7. The SMILES string of the molecule is C=S(C)(=O)N(C(=O)C(C)C)n1c(=O)[nH]c2cc(C(C)C)c(-c3ccnn3C)cc2c1=O. The second-order valence-corrected chi connectivity index (χ2v) is 10.5. The summed E-state index contributed by atoms with van der Waals surface area (Å²) in [6.07, 6.45) is 2.87. The Bertz CT molecular complexity index is 1390. The van der Waals surface area contributed by atoms with Gasteiger partial charge in [-0.15, -0.1) is 4.68 Å². The Morgan fingerprint density at radius 2 is 1.87 bits per heavy atom. The van der Waals surface area contributed by atoms with Gasteiger partial charge in [0.15, 0.2) is 0 Å². The van der Waals surface area contributed by atoms with E-state index in [1.807, 2.05) is 19.9 Å². The van der Waals surface area contributed by atoms with E-state index in [1.165, 1.54) is 6.26 Å². The van der Waals surface area contributed by atoms with Gasteiger partial charge in [-0.2, -0.15) is 9.51 Å². The van der Waals surface area contributed by atoms with Gasteiger partial charge < -0.3 is 4.98 Å². The minimum absolute atomic E-state index is 0.105. The molecule has 0 radical (unpaired) electrons. The number of nitrogens with zero attached hydrogens (tertiary/aromatic N) is 4. The quantitative estimate of drug-likeness (QED) is 0.600. The number of benzene rings is 1. The van der Waals surface area contributed by atoms with E-state index in [9.17, 15) is 18.6 Å². The smallest absolute Gasteiger partial charge is 0.305 e. The van der Waals surface area contributed by atoms with Crippen LogP contribution in [0, 0.1) is 5.92 Å². The molecular formula is C21H27N5O4S. The number of carbonyl (C=O) groups is 1.